The van der Waals surface area contributed by atoms with Crippen LogP contribution in [0.25, 0.3) is 121 Å². The van der Waals surface area contributed by atoms with Gasteiger partial charge in [-0.3, -0.25) is 0 Å². The topological polar surface area (TPSA) is 42.6 Å². The van der Waals surface area contributed by atoms with E-state index < -0.39 is 179 Å². The fourth-order valence-corrected chi connectivity index (χ4v) is 13.6. The lowest BCUT2D eigenvalue weighted by Gasteiger charge is -2.45. The summed E-state index contributed by atoms with van der Waals surface area (Å²) < 4.78 is 233. The Morgan fingerprint density at radius 1 is 0.371 bits per heavy atom. The van der Waals surface area contributed by atoms with E-state index in [0.29, 0.717) is 60.5 Å². The summed E-state index contributed by atoms with van der Waals surface area (Å²) in [7, 11) is 0. The maximum absolute atomic E-state index is 11.5. The van der Waals surface area contributed by atoms with Crippen molar-refractivity contribution in [2.45, 2.75) is 26.2 Å². The molecule has 2 aliphatic heterocycles. The first kappa shape index (κ1) is 33.0. The van der Waals surface area contributed by atoms with Gasteiger partial charge in [0.2, 0.25) is 0 Å². The van der Waals surface area contributed by atoms with Gasteiger partial charge in [0.05, 0.1) is 63.6 Å². The summed E-state index contributed by atoms with van der Waals surface area (Å²) in [5.74, 6) is 0. The van der Waals surface area contributed by atoms with Crippen LogP contribution in [0, 0.1) is 0 Å². The van der Waals surface area contributed by atoms with Gasteiger partial charge in [0.1, 0.15) is 11.2 Å². The van der Waals surface area contributed by atoms with E-state index in [9.17, 15) is 24.7 Å². The van der Waals surface area contributed by atoms with Gasteiger partial charge in [0.15, 0.2) is 11.2 Å². The molecule has 13 aromatic carbocycles. The average Bonchev–Trinajstić information content (AvgIpc) is 1.52. The number of rotatable bonds is 6. The van der Waals surface area contributed by atoms with Gasteiger partial charge in [-0.1, -0.05) is 215 Å². The predicted molar refractivity (Wildman–Crippen MR) is 373 cm³/mol. The van der Waals surface area contributed by atoms with Crippen LogP contribution in [0.2, 0.25) is 0 Å². The first-order chi connectivity index (χ1) is 53.0. The Balaban J connectivity index is 1.08. The van der Waals surface area contributed by atoms with E-state index in [-0.39, 0.29) is 83.2 Å². The number of para-hydroxylation sites is 6. The smallest absolute Gasteiger partial charge is 0.252 e. The molecule has 19 rings (SSSR count). The maximum atomic E-state index is 11.5. The van der Waals surface area contributed by atoms with Crippen molar-refractivity contribution in [2.24, 2.45) is 0 Å². The van der Waals surface area contributed by atoms with Crippen LogP contribution in [-0.2, 0) is 5.41 Å². The molecule has 89 heavy (non-hydrogen) atoms. The molecule has 0 N–H and O–H groups in total. The number of anilines is 6. The normalized spacial score (nSPS) is 16.5. The third-order valence-corrected chi connectivity index (χ3v) is 17.6. The Kier molecular flexibility index (Phi) is 6.91. The highest BCUT2D eigenvalue weighted by Gasteiger charge is 2.46. The van der Waals surface area contributed by atoms with E-state index in [4.69, 9.17) is 14.3 Å². The number of benzene rings is 13. The van der Waals surface area contributed by atoms with Crippen LogP contribution in [0.3, 0.4) is 0 Å². The van der Waals surface area contributed by atoms with Crippen molar-refractivity contribution in [3.63, 3.8) is 0 Å². The number of hydrogen-bond donors (Lipinski definition) is 0. The first-order valence-electron chi connectivity index (χ1n) is 40.1. The molecule has 0 radical (unpaired) electrons. The van der Waals surface area contributed by atoms with E-state index in [1.165, 1.54) is 0 Å². The fraction of sp³-hybridized carbons (Fsp3) is 0.0488. The predicted octanol–water partition coefficient (Wildman–Crippen LogP) is 20.4. The van der Waals surface area contributed by atoms with Gasteiger partial charge in [-0.25, -0.2) is 0 Å². The average molecular weight is 1160 g/mol. The van der Waals surface area contributed by atoms with Gasteiger partial charge in [0, 0.05) is 88.3 Å². The monoisotopic (exact) mass is 1160 g/mol. The molecule has 6 heterocycles. The van der Waals surface area contributed by atoms with Crippen LogP contribution in [0.4, 0.5) is 34.1 Å². The van der Waals surface area contributed by atoms with Crippen LogP contribution < -0.4 is 26.2 Å². The summed E-state index contributed by atoms with van der Waals surface area (Å²) in [5, 5.41) is 1.08. The molecule has 2 aliphatic rings. The number of furan rings is 2. The Labute approximate surface area is 544 Å². The fourth-order valence-electron chi connectivity index (χ4n) is 13.6. The highest BCUT2D eigenvalue weighted by atomic mass is 16.3. The molecule has 0 amide bonds. The number of nitrogens with zero attached hydrogens (tertiary/aromatic N) is 4. The Bertz CT molecular complexity index is 6620. The maximum Gasteiger partial charge on any atom is 0.252 e. The molecule has 7 heteroatoms. The molecule has 0 aliphatic carbocycles. The molecule has 0 spiro atoms. The second-order valence-electron chi connectivity index (χ2n) is 23.4. The lowest BCUT2D eigenvalue weighted by Crippen LogP contribution is -2.61. The first-order valence-corrected chi connectivity index (χ1v) is 29.1. The van der Waals surface area contributed by atoms with Gasteiger partial charge in [0.25, 0.3) is 6.71 Å². The SMILES string of the molecule is [2H]c1c([2H])c(-n2c3c([2H])c([2H])c([2H])c([2H])c3c3c([2H])c([2H])c([2H])c([2H])c32)c([2H])c2c1B1c3c(cc(C(C)(C)C)cc3N(c3c(-c4ccccc4)ccc4c3oc3ccccc34)c3c([2H])c(-n4c5c([2H])c([2H])c([2H])c([2H])c5c5c([2H])c([2H])c([2H])c([2H])c54)c([2H])c([2H])c31)N2c1c(-c2ccccc2)ccc2c1oc1ccccc12. The second kappa shape index (κ2) is 18.6. The molecule has 0 atom stereocenters. The van der Waals surface area contributed by atoms with Crippen LogP contribution in [0.5, 0.6) is 0 Å². The van der Waals surface area contributed by atoms with Gasteiger partial charge in [-0.05, 0) is 123 Å². The lowest BCUT2D eigenvalue weighted by atomic mass is 9.33. The molecule has 17 aromatic rings. The minimum absolute atomic E-state index is 0.200. The summed E-state index contributed by atoms with van der Waals surface area (Å²) >= 11 is 0. The summed E-state index contributed by atoms with van der Waals surface area (Å²) in [6.07, 6.45) is 0. The summed E-state index contributed by atoms with van der Waals surface area (Å²) in [5.41, 5.74) is 0.829. The zero-order chi connectivity index (χ0) is 77.9. The van der Waals surface area contributed by atoms with E-state index in [0.717, 1.165) is 9.13 Å². The molecule has 0 saturated heterocycles. The van der Waals surface area contributed by atoms with Gasteiger partial charge in [-0.15, -0.1) is 0 Å². The quantitative estimate of drug-likeness (QED) is 0.156. The van der Waals surface area contributed by atoms with Crippen molar-refractivity contribution in [3.05, 3.63) is 284 Å². The molecule has 418 valence electrons. The third kappa shape index (κ3) is 7.15. The van der Waals surface area contributed by atoms with Gasteiger partial charge >= 0.3 is 0 Å². The highest BCUT2D eigenvalue weighted by Crippen LogP contribution is 2.55. The Hall–Kier alpha value is -11.3. The largest absolute Gasteiger partial charge is 0.454 e. The standard InChI is InChI=1S/C82H55BN4O2/c1-82(2,3)52-46-73-77-74(47-52)87(79-56(51-24-8-5-9-25-51)41-43-64-62-31-15-21-37-76(62)89-81(64)79)72-49-54(85-69-34-18-12-28-59(69)60-29-13-19-35-70(60)85)39-45-66(72)83(77)65-44-38-53(84-67-32-16-10-26-57(67)58-27-11-17-33-68(58)84)48-71(65)86(73)78-55(50-22-6-4-7-23-50)40-42-63-61-30-14-20-36-75(61)88-80(63)78/h4-49H,1-3H3/i10D,11D,12D,13D,16D,17D,18D,19D,26D,27D,28D,29D,32D,33D,34D,35D,38D,39D,44D,45D,48D,49D. The third-order valence-electron chi connectivity index (χ3n) is 17.6. The highest BCUT2D eigenvalue weighted by molar-refractivity contribution is 7.00. The number of hydrogen-bond acceptors (Lipinski definition) is 4. The zero-order valence-corrected chi connectivity index (χ0v) is 47.5. The minimum Gasteiger partial charge on any atom is -0.454 e. The van der Waals surface area contributed by atoms with Crippen molar-refractivity contribution >= 4 is 145 Å². The summed E-state index contributed by atoms with van der Waals surface area (Å²) in [6, 6.07) is 28.7. The molecular weight excluding hydrogens is 1080 g/mol. The van der Waals surface area contributed by atoms with Crippen LogP contribution in [0.15, 0.2) is 287 Å². The van der Waals surface area contributed by atoms with Crippen molar-refractivity contribution in [3.8, 4) is 33.6 Å². The van der Waals surface area contributed by atoms with Crippen LogP contribution >= 0.6 is 0 Å². The van der Waals surface area contributed by atoms with Crippen molar-refractivity contribution in [1.29, 1.82) is 0 Å². The Morgan fingerprint density at radius 2 is 0.753 bits per heavy atom. The lowest BCUT2D eigenvalue weighted by molar-refractivity contribution is 0.590. The molecule has 0 fully saturated rings. The number of aromatic nitrogens is 2. The molecule has 6 nitrogen and oxygen atoms in total. The molecule has 0 unspecified atom stereocenters. The van der Waals surface area contributed by atoms with Crippen LogP contribution in [0.1, 0.15) is 56.5 Å². The molecule has 0 saturated carbocycles. The van der Waals surface area contributed by atoms with E-state index in [1.807, 2.05) is 154 Å². The van der Waals surface area contributed by atoms with Crippen LogP contribution in [-0.4, -0.2) is 15.8 Å². The number of fused-ring (bicyclic) bond motifs is 16. The zero-order valence-electron chi connectivity index (χ0n) is 69.5. The Morgan fingerprint density at radius 3 is 1.16 bits per heavy atom. The second-order valence-corrected chi connectivity index (χ2v) is 23.4. The van der Waals surface area contributed by atoms with Crippen molar-refractivity contribution < 1.29 is 39.0 Å². The summed E-state index contributed by atoms with van der Waals surface area (Å²) in [6.45, 7) is 4.29. The van der Waals surface area contributed by atoms with Crippen molar-refractivity contribution in [1.82, 2.24) is 9.13 Å². The summed E-state index contributed by atoms with van der Waals surface area (Å²) in [4.78, 5) is 3.52. The van der Waals surface area contributed by atoms with Crippen molar-refractivity contribution in [2.75, 3.05) is 9.80 Å². The molecular formula is C82H55BN4O2. The van der Waals surface area contributed by atoms with Gasteiger partial charge < -0.3 is 27.8 Å². The molecule has 0 bridgehead atoms. The van der Waals surface area contributed by atoms with E-state index >= 15 is 0 Å². The van der Waals surface area contributed by atoms with E-state index in [1.54, 1.807) is 21.9 Å². The van der Waals surface area contributed by atoms with E-state index in [2.05, 4.69) is 0 Å². The van der Waals surface area contributed by atoms with Gasteiger partial charge in [-0.2, -0.15) is 0 Å². The molecule has 4 aromatic heterocycles. The minimum atomic E-state index is -1.66.